The third-order valence-corrected chi connectivity index (χ3v) is 3.01. The second-order valence-corrected chi connectivity index (χ2v) is 4.37. The van der Waals surface area contributed by atoms with E-state index in [4.69, 9.17) is 4.74 Å². The quantitative estimate of drug-likeness (QED) is 0.769. The fraction of sp³-hybridized carbons (Fsp3) is 0.533. The van der Waals surface area contributed by atoms with Gasteiger partial charge in [0.1, 0.15) is 5.75 Å². The third kappa shape index (κ3) is 5.93. The Morgan fingerprint density at radius 1 is 1.25 bits per heavy atom. The number of rotatable bonds is 8. The average molecular weight is 279 g/mol. The van der Waals surface area contributed by atoms with Crippen LogP contribution < -0.4 is 15.4 Å². The summed E-state index contributed by atoms with van der Waals surface area (Å²) >= 11 is 0. The van der Waals surface area contributed by atoms with Crippen LogP contribution in [0, 0.1) is 0 Å². The number of carbonyl (C=O) groups is 1. The molecule has 2 N–H and O–H groups in total. The number of ether oxygens (including phenoxy) is 1. The van der Waals surface area contributed by atoms with Gasteiger partial charge in [0.05, 0.1) is 6.61 Å². The monoisotopic (exact) mass is 279 g/mol. The van der Waals surface area contributed by atoms with Crippen LogP contribution in [0.4, 0.5) is 10.5 Å². The SMILES string of the molecule is CCOc1cccc(NC(=O)NCCN(CC)CC)c1. The maximum Gasteiger partial charge on any atom is 0.319 e. The van der Waals surface area contributed by atoms with Crippen LogP contribution in [0.25, 0.3) is 0 Å². The van der Waals surface area contributed by atoms with Crippen LogP contribution in [-0.4, -0.2) is 43.7 Å². The van der Waals surface area contributed by atoms with E-state index in [1.165, 1.54) is 0 Å². The molecule has 0 spiro atoms. The minimum Gasteiger partial charge on any atom is -0.494 e. The second kappa shape index (κ2) is 9.20. The van der Waals surface area contributed by atoms with Gasteiger partial charge in [0.15, 0.2) is 0 Å². The molecule has 0 unspecified atom stereocenters. The number of anilines is 1. The van der Waals surface area contributed by atoms with E-state index in [-0.39, 0.29) is 6.03 Å². The molecule has 0 aliphatic carbocycles. The van der Waals surface area contributed by atoms with Gasteiger partial charge in [0.25, 0.3) is 0 Å². The van der Waals surface area contributed by atoms with Crippen molar-refractivity contribution in [3.05, 3.63) is 24.3 Å². The molecular weight excluding hydrogens is 254 g/mol. The van der Waals surface area contributed by atoms with E-state index in [0.29, 0.717) is 13.2 Å². The Balaban J connectivity index is 2.36. The summed E-state index contributed by atoms with van der Waals surface area (Å²) in [4.78, 5) is 14.0. The lowest BCUT2D eigenvalue weighted by Gasteiger charge is -2.18. The molecule has 0 bridgehead atoms. The van der Waals surface area contributed by atoms with Gasteiger partial charge in [-0.3, -0.25) is 0 Å². The molecule has 1 aromatic carbocycles. The molecule has 0 atom stereocenters. The highest BCUT2D eigenvalue weighted by molar-refractivity contribution is 5.89. The lowest BCUT2D eigenvalue weighted by atomic mass is 10.3. The van der Waals surface area contributed by atoms with Crippen molar-refractivity contribution in [1.29, 1.82) is 0 Å². The zero-order chi connectivity index (χ0) is 14.8. The van der Waals surface area contributed by atoms with Gasteiger partial charge in [0.2, 0.25) is 0 Å². The zero-order valence-corrected chi connectivity index (χ0v) is 12.6. The standard InChI is InChI=1S/C15H25N3O2/c1-4-18(5-2)11-10-16-15(19)17-13-8-7-9-14(12-13)20-6-3/h7-9,12H,4-6,10-11H2,1-3H3,(H2,16,17,19). The molecule has 0 aliphatic heterocycles. The van der Waals surface area contributed by atoms with Crippen molar-refractivity contribution in [3.63, 3.8) is 0 Å². The molecule has 112 valence electrons. The van der Waals surface area contributed by atoms with Gasteiger partial charge in [-0.15, -0.1) is 0 Å². The Labute approximate surface area is 121 Å². The summed E-state index contributed by atoms with van der Waals surface area (Å²) in [5.74, 6) is 0.758. The molecule has 0 fully saturated rings. The highest BCUT2D eigenvalue weighted by Crippen LogP contribution is 2.16. The summed E-state index contributed by atoms with van der Waals surface area (Å²) < 4.78 is 5.39. The van der Waals surface area contributed by atoms with E-state index in [1.807, 2.05) is 31.2 Å². The summed E-state index contributed by atoms with van der Waals surface area (Å²) in [6.45, 7) is 10.3. The van der Waals surface area contributed by atoms with E-state index in [1.54, 1.807) is 0 Å². The predicted octanol–water partition coefficient (Wildman–Crippen LogP) is 2.55. The number of likely N-dealkylation sites (N-methyl/N-ethyl adjacent to an activating group) is 1. The molecular formula is C15H25N3O2. The van der Waals surface area contributed by atoms with Gasteiger partial charge in [-0.05, 0) is 32.1 Å². The molecule has 0 aromatic heterocycles. The first-order valence-electron chi connectivity index (χ1n) is 7.19. The second-order valence-electron chi connectivity index (χ2n) is 4.37. The maximum atomic E-state index is 11.8. The van der Waals surface area contributed by atoms with E-state index < -0.39 is 0 Å². The lowest BCUT2D eigenvalue weighted by Crippen LogP contribution is -2.36. The highest BCUT2D eigenvalue weighted by atomic mass is 16.5. The third-order valence-electron chi connectivity index (χ3n) is 3.01. The predicted molar refractivity (Wildman–Crippen MR) is 82.4 cm³/mol. The first kappa shape index (κ1) is 16.3. The van der Waals surface area contributed by atoms with E-state index in [0.717, 1.165) is 31.1 Å². The number of urea groups is 1. The van der Waals surface area contributed by atoms with Crippen molar-refractivity contribution in [2.24, 2.45) is 0 Å². The summed E-state index contributed by atoms with van der Waals surface area (Å²) in [5.41, 5.74) is 0.733. The number of hydrogen-bond acceptors (Lipinski definition) is 3. The van der Waals surface area contributed by atoms with Crippen molar-refractivity contribution >= 4 is 11.7 Å². The van der Waals surface area contributed by atoms with Crippen LogP contribution in [0.1, 0.15) is 20.8 Å². The number of nitrogens with zero attached hydrogens (tertiary/aromatic N) is 1. The normalized spacial score (nSPS) is 10.4. The smallest absolute Gasteiger partial charge is 0.319 e. The summed E-state index contributed by atoms with van der Waals surface area (Å²) in [6.07, 6.45) is 0. The number of amides is 2. The Morgan fingerprint density at radius 2 is 2.00 bits per heavy atom. The fourth-order valence-electron chi connectivity index (χ4n) is 1.87. The highest BCUT2D eigenvalue weighted by Gasteiger charge is 2.04. The Morgan fingerprint density at radius 3 is 2.65 bits per heavy atom. The van der Waals surface area contributed by atoms with Gasteiger partial charge < -0.3 is 20.3 Å². The van der Waals surface area contributed by atoms with Crippen molar-refractivity contribution in [3.8, 4) is 5.75 Å². The minimum absolute atomic E-state index is 0.189. The largest absolute Gasteiger partial charge is 0.494 e. The Hall–Kier alpha value is -1.75. The lowest BCUT2D eigenvalue weighted by molar-refractivity contribution is 0.248. The Bertz CT molecular complexity index is 406. The molecule has 0 saturated heterocycles. The molecule has 1 rings (SSSR count). The number of hydrogen-bond donors (Lipinski definition) is 2. The molecule has 0 aliphatic rings. The van der Waals surface area contributed by atoms with Crippen molar-refractivity contribution in [1.82, 2.24) is 10.2 Å². The summed E-state index contributed by atoms with van der Waals surface area (Å²) in [7, 11) is 0. The van der Waals surface area contributed by atoms with Crippen molar-refractivity contribution in [2.75, 3.05) is 38.1 Å². The summed E-state index contributed by atoms with van der Waals surface area (Å²) in [6, 6.07) is 7.19. The molecule has 0 heterocycles. The molecule has 20 heavy (non-hydrogen) atoms. The zero-order valence-electron chi connectivity index (χ0n) is 12.6. The fourth-order valence-corrected chi connectivity index (χ4v) is 1.87. The van der Waals surface area contributed by atoms with Crippen molar-refractivity contribution in [2.45, 2.75) is 20.8 Å². The average Bonchev–Trinajstić information content (AvgIpc) is 2.44. The topological polar surface area (TPSA) is 53.6 Å². The van der Waals surface area contributed by atoms with Crippen LogP contribution >= 0.6 is 0 Å². The van der Waals surface area contributed by atoms with E-state index in [9.17, 15) is 4.79 Å². The molecule has 5 nitrogen and oxygen atoms in total. The summed E-state index contributed by atoms with van der Waals surface area (Å²) in [5, 5.41) is 5.65. The first-order chi connectivity index (χ1) is 9.69. The minimum atomic E-state index is -0.189. The van der Waals surface area contributed by atoms with Crippen LogP contribution in [0.5, 0.6) is 5.75 Å². The van der Waals surface area contributed by atoms with Crippen molar-refractivity contribution < 1.29 is 9.53 Å². The number of benzene rings is 1. The van der Waals surface area contributed by atoms with E-state index in [2.05, 4.69) is 29.4 Å². The first-order valence-corrected chi connectivity index (χ1v) is 7.19. The van der Waals surface area contributed by atoms with Crippen LogP contribution in [-0.2, 0) is 0 Å². The van der Waals surface area contributed by atoms with Gasteiger partial charge in [-0.1, -0.05) is 19.9 Å². The van der Waals surface area contributed by atoms with Gasteiger partial charge >= 0.3 is 6.03 Å². The molecule has 1 aromatic rings. The number of nitrogens with one attached hydrogen (secondary N) is 2. The van der Waals surface area contributed by atoms with Gasteiger partial charge in [0, 0.05) is 24.8 Å². The maximum absolute atomic E-state index is 11.8. The Kier molecular flexibility index (Phi) is 7.50. The van der Waals surface area contributed by atoms with Gasteiger partial charge in [-0.2, -0.15) is 0 Å². The number of carbonyl (C=O) groups excluding carboxylic acids is 1. The van der Waals surface area contributed by atoms with Crippen LogP contribution in [0.2, 0.25) is 0 Å². The molecule has 5 heteroatoms. The molecule has 0 radical (unpaired) electrons. The molecule has 0 saturated carbocycles. The van der Waals surface area contributed by atoms with Crippen LogP contribution in [0.15, 0.2) is 24.3 Å². The van der Waals surface area contributed by atoms with E-state index >= 15 is 0 Å². The van der Waals surface area contributed by atoms with Gasteiger partial charge in [-0.25, -0.2) is 4.79 Å². The molecule has 2 amide bonds. The van der Waals surface area contributed by atoms with Crippen LogP contribution in [0.3, 0.4) is 0 Å².